The molecule has 0 spiro atoms. The van der Waals surface area contributed by atoms with E-state index >= 15 is 0 Å². The maximum atomic E-state index is 10.7. The van der Waals surface area contributed by atoms with Crippen LogP contribution in [-0.4, -0.2) is 13.0 Å². The van der Waals surface area contributed by atoms with Gasteiger partial charge in [-0.1, -0.05) is 26.0 Å². The zero-order valence-corrected chi connectivity index (χ0v) is 12.5. The zero-order valence-electron chi connectivity index (χ0n) is 8.84. The van der Waals surface area contributed by atoms with Crippen LogP contribution in [0, 0.1) is 0 Å². The van der Waals surface area contributed by atoms with Crippen LogP contribution in [-0.2, 0) is 42.8 Å². The molecule has 15 heavy (non-hydrogen) atoms. The molecular formula is C10H14O3SY. The molecule has 5 heteroatoms. The number of benzene rings is 1. The smallest absolute Gasteiger partial charge is 0.282 e. The first-order valence-electron chi connectivity index (χ1n) is 4.52. The quantitative estimate of drug-likeness (QED) is 0.873. The van der Waals surface area contributed by atoms with Crippen molar-refractivity contribution in [1.82, 2.24) is 0 Å². The van der Waals surface area contributed by atoms with Crippen molar-refractivity contribution in [3.8, 4) is 0 Å². The molecule has 0 aromatic heterocycles. The molecule has 0 heterocycles. The van der Waals surface area contributed by atoms with Gasteiger partial charge in [0.25, 0.3) is 10.1 Å². The van der Waals surface area contributed by atoms with E-state index in [9.17, 15) is 8.42 Å². The standard InChI is InChI=1S/C10H14O3S.Y/c1-3-8(2)9-4-6-10(7-5-9)14(11,12)13;/h4-8H,3H2,1-2H3,(H,11,12,13);. The molecule has 0 aliphatic rings. The predicted octanol–water partition coefficient (Wildman–Crippen LogP) is 2.44. The molecule has 0 aliphatic heterocycles. The van der Waals surface area contributed by atoms with E-state index in [1.54, 1.807) is 12.1 Å². The van der Waals surface area contributed by atoms with Gasteiger partial charge in [0.05, 0.1) is 4.90 Å². The summed E-state index contributed by atoms with van der Waals surface area (Å²) in [5.74, 6) is 0.408. The number of hydrogen-bond donors (Lipinski definition) is 1. The zero-order chi connectivity index (χ0) is 10.8. The van der Waals surface area contributed by atoms with Gasteiger partial charge in [0.2, 0.25) is 0 Å². The Morgan fingerprint density at radius 3 is 2.07 bits per heavy atom. The summed E-state index contributed by atoms with van der Waals surface area (Å²) in [7, 11) is -4.05. The van der Waals surface area contributed by atoms with E-state index in [4.69, 9.17) is 4.55 Å². The fraction of sp³-hybridized carbons (Fsp3) is 0.400. The van der Waals surface area contributed by atoms with Gasteiger partial charge in [0, 0.05) is 32.7 Å². The maximum absolute atomic E-state index is 10.7. The van der Waals surface area contributed by atoms with Crippen LogP contribution in [0.15, 0.2) is 29.2 Å². The van der Waals surface area contributed by atoms with Crippen molar-refractivity contribution in [3.05, 3.63) is 29.8 Å². The van der Waals surface area contributed by atoms with Gasteiger partial charge in [-0.25, -0.2) is 0 Å². The SMILES string of the molecule is CCC(C)c1ccc(S(=O)(=O)O)cc1.[Y]. The van der Waals surface area contributed by atoms with Crippen molar-refractivity contribution in [2.24, 2.45) is 0 Å². The second kappa shape index (κ2) is 6.09. The molecule has 1 N–H and O–H groups in total. The third kappa shape index (κ3) is 4.31. The van der Waals surface area contributed by atoms with Gasteiger partial charge in [-0.05, 0) is 30.0 Å². The van der Waals surface area contributed by atoms with E-state index in [2.05, 4.69) is 13.8 Å². The van der Waals surface area contributed by atoms with Gasteiger partial charge >= 0.3 is 0 Å². The van der Waals surface area contributed by atoms with Crippen molar-refractivity contribution in [3.63, 3.8) is 0 Å². The van der Waals surface area contributed by atoms with Crippen molar-refractivity contribution < 1.29 is 45.7 Å². The molecule has 0 amide bonds. The minimum atomic E-state index is -4.05. The van der Waals surface area contributed by atoms with Crippen LogP contribution in [0.5, 0.6) is 0 Å². The van der Waals surface area contributed by atoms with Gasteiger partial charge < -0.3 is 0 Å². The van der Waals surface area contributed by atoms with Crippen LogP contribution in [0.25, 0.3) is 0 Å². The molecule has 1 unspecified atom stereocenters. The van der Waals surface area contributed by atoms with Gasteiger partial charge in [-0.3, -0.25) is 4.55 Å². The predicted molar refractivity (Wildman–Crippen MR) is 55.0 cm³/mol. The first-order valence-corrected chi connectivity index (χ1v) is 5.96. The number of hydrogen-bond acceptors (Lipinski definition) is 2. The van der Waals surface area contributed by atoms with Crippen LogP contribution in [0.3, 0.4) is 0 Å². The molecule has 0 aliphatic carbocycles. The summed E-state index contributed by atoms with van der Waals surface area (Å²) in [5.41, 5.74) is 1.08. The van der Waals surface area contributed by atoms with Gasteiger partial charge in [0.1, 0.15) is 0 Å². The van der Waals surface area contributed by atoms with E-state index in [0.717, 1.165) is 12.0 Å². The molecular weight excluding hydrogens is 289 g/mol. The van der Waals surface area contributed by atoms with E-state index in [0.29, 0.717) is 5.92 Å². The topological polar surface area (TPSA) is 54.4 Å². The molecule has 0 fully saturated rings. The van der Waals surface area contributed by atoms with Crippen molar-refractivity contribution in [2.45, 2.75) is 31.1 Å². The summed E-state index contributed by atoms with van der Waals surface area (Å²) in [6.07, 6.45) is 1.01. The summed E-state index contributed by atoms with van der Waals surface area (Å²) in [6, 6.07) is 6.32. The molecule has 1 rings (SSSR count). The molecule has 3 nitrogen and oxygen atoms in total. The normalized spacial score (nSPS) is 13.0. The van der Waals surface area contributed by atoms with Crippen molar-refractivity contribution >= 4 is 10.1 Å². The third-order valence-corrected chi connectivity index (χ3v) is 3.23. The minimum Gasteiger partial charge on any atom is -0.282 e. The van der Waals surface area contributed by atoms with Crippen LogP contribution < -0.4 is 0 Å². The van der Waals surface area contributed by atoms with E-state index in [1.807, 2.05) is 0 Å². The fourth-order valence-corrected chi connectivity index (χ4v) is 1.68. The second-order valence-corrected chi connectivity index (χ2v) is 4.77. The van der Waals surface area contributed by atoms with Gasteiger partial charge in [-0.15, -0.1) is 0 Å². The first-order chi connectivity index (χ1) is 6.45. The average Bonchev–Trinajstić information content (AvgIpc) is 2.15. The maximum Gasteiger partial charge on any atom is 0.294 e. The van der Waals surface area contributed by atoms with Crippen molar-refractivity contribution in [1.29, 1.82) is 0 Å². The molecule has 1 aromatic rings. The summed E-state index contributed by atoms with van der Waals surface area (Å²) < 4.78 is 30.2. The van der Waals surface area contributed by atoms with E-state index < -0.39 is 10.1 Å². The largest absolute Gasteiger partial charge is 0.294 e. The molecule has 81 valence electrons. The Kier molecular flexibility index (Phi) is 6.18. The van der Waals surface area contributed by atoms with Crippen molar-refractivity contribution in [2.75, 3.05) is 0 Å². The fourth-order valence-electron chi connectivity index (χ4n) is 1.20. The average molecular weight is 303 g/mol. The molecule has 0 bridgehead atoms. The van der Waals surface area contributed by atoms with Crippen LogP contribution in [0.2, 0.25) is 0 Å². The van der Waals surface area contributed by atoms with Crippen LogP contribution in [0.1, 0.15) is 31.7 Å². The summed E-state index contributed by atoms with van der Waals surface area (Å²) in [5, 5.41) is 0. The van der Waals surface area contributed by atoms with Crippen LogP contribution >= 0.6 is 0 Å². The molecule has 1 radical (unpaired) electrons. The summed E-state index contributed by atoms with van der Waals surface area (Å²) in [6.45, 7) is 4.14. The first kappa shape index (κ1) is 15.2. The minimum absolute atomic E-state index is 0. The van der Waals surface area contributed by atoms with Gasteiger partial charge in [0.15, 0.2) is 0 Å². The molecule has 0 saturated carbocycles. The Labute approximate surface area is 116 Å². The Morgan fingerprint density at radius 1 is 1.27 bits per heavy atom. The molecule has 1 aromatic carbocycles. The Bertz CT molecular complexity index is 397. The summed E-state index contributed by atoms with van der Waals surface area (Å²) in [4.78, 5) is -0.0513. The monoisotopic (exact) mass is 303 g/mol. The molecule has 1 atom stereocenters. The van der Waals surface area contributed by atoms with Crippen LogP contribution in [0.4, 0.5) is 0 Å². The summed E-state index contributed by atoms with van der Waals surface area (Å²) >= 11 is 0. The number of rotatable bonds is 3. The van der Waals surface area contributed by atoms with Gasteiger partial charge in [-0.2, -0.15) is 8.42 Å². The van der Waals surface area contributed by atoms with E-state index in [1.165, 1.54) is 12.1 Å². The second-order valence-electron chi connectivity index (χ2n) is 3.35. The van der Waals surface area contributed by atoms with E-state index in [-0.39, 0.29) is 37.6 Å². The Balaban J connectivity index is 0.00000196. The Morgan fingerprint density at radius 2 is 1.73 bits per heavy atom. The molecule has 0 saturated heterocycles. The third-order valence-electron chi connectivity index (χ3n) is 2.36. The Hall–Kier alpha value is 0.234.